The van der Waals surface area contributed by atoms with E-state index in [-0.39, 0.29) is 0 Å². The van der Waals surface area contributed by atoms with Gasteiger partial charge in [0.15, 0.2) is 0 Å². The highest BCUT2D eigenvalue weighted by Gasteiger charge is 2.24. The van der Waals surface area contributed by atoms with Crippen LogP contribution in [0.5, 0.6) is 5.75 Å². The van der Waals surface area contributed by atoms with Crippen LogP contribution in [0.25, 0.3) is 0 Å². The van der Waals surface area contributed by atoms with Gasteiger partial charge in [-0.05, 0) is 43.5 Å². The van der Waals surface area contributed by atoms with Gasteiger partial charge < -0.3 is 10.1 Å². The zero-order chi connectivity index (χ0) is 15.3. The van der Waals surface area contributed by atoms with Gasteiger partial charge in [0.25, 0.3) is 0 Å². The third-order valence-corrected chi connectivity index (χ3v) is 4.78. The van der Waals surface area contributed by atoms with Crippen molar-refractivity contribution in [1.82, 2.24) is 5.32 Å². The fourth-order valence-electron chi connectivity index (χ4n) is 2.11. The Labute approximate surface area is 134 Å². The normalized spacial score (nSPS) is 16.8. The second kappa shape index (κ2) is 7.55. The fourth-order valence-corrected chi connectivity index (χ4v) is 3.08. The van der Waals surface area contributed by atoms with Crippen molar-refractivity contribution in [3.63, 3.8) is 0 Å². The number of hydrogen-bond acceptors (Lipinski definition) is 3. The van der Waals surface area contributed by atoms with Crippen LogP contribution >= 0.6 is 11.8 Å². The Morgan fingerprint density at radius 1 is 1.33 bits per heavy atom. The van der Waals surface area contributed by atoms with Crippen molar-refractivity contribution in [2.75, 3.05) is 12.3 Å². The van der Waals surface area contributed by atoms with Crippen LogP contribution in [0.1, 0.15) is 58.6 Å². The zero-order valence-electron chi connectivity index (χ0n) is 13.8. The fraction of sp³-hybridized carbons (Fsp3) is 0.667. The molecule has 0 amide bonds. The summed E-state index contributed by atoms with van der Waals surface area (Å²) < 4.78 is 6.23. The molecule has 1 aromatic carbocycles. The second-order valence-corrected chi connectivity index (χ2v) is 8.67. The molecule has 1 aliphatic rings. The number of ether oxygens (including phenoxy) is 1. The maximum Gasteiger partial charge on any atom is 0.120 e. The lowest BCUT2D eigenvalue weighted by atomic mass is 10.1. The Bertz CT molecular complexity index is 437. The molecule has 21 heavy (non-hydrogen) atoms. The number of benzene rings is 1. The monoisotopic (exact) mass is 307 g/mol. The minimum atomic E-state index is 0.300. The van der Waals surface area contributed by atoms with Crippen LogP contribution in [0, 0.1) is 0 Å². The molecule has 0 heterocycles. The largest absolute Gasteiger partial charge is 0.490 e. The van der Waals surface area contributed by atoms with Gasteiger partial charge in [0, 0.05) is 16.5 Å². The van der Waals surface area contributed by atoms with Crippen LogP contribution < -0.4 is 10.1 Å². The van der Waals surface area contributed by atoms with E-state index in [4.69, 9.17) is 4.74 Å². The lowest BCUT2D eigenvalue weighted by Crippen LogP contribution is -2.26. The van der Waals surface area contributed by atoms with Crippen LogP contribution in [0.3, 0.4) is 0 Å². The van der Waals surface area contributed by atoms with E-state index in [1.54, 1.807) is 0 Å². The molecular weight excluding hydrogens is 278 g/mol. The Kier molecular flexibility index (Phi) is 6.00. The van der Waals surface area contributed by atoms with Crippen molar-refractivity contribution in [3.8, 4) is 5.75 Å². The number of thioether (sulfide) groups is 1. The van der Waals surface area contributed by atoms with Crippen molar-refractivity contribution in [2.24, 2.45) is 0 Å². The Morgan fingerprint density at radius 3 is 2.71 bits per heavy atom. The molecule has 118 valence electrons. The second-order valence-electron chi connectivity index (χ2n) is 6.82. The average Bonchev–Trinajstić information content (AvgIpc) is 3.22. The highest BCUT2D eigenvalue weighted by Crippen LogP contribution is 2.31. The highest BCUT2D eigenvalue weighted by molar-refractivity contribution is 8.00. The summed E-state index contributed by atoms with van der Waals surface area (Å²) in [6.45, 7) is 10.1. The third kappa shape index (κ3) is 6.31. The van der Waals surface area contributed by atoms with E-state index >= 15 is 0 Å². The topological polar surface area (TPSA) is 21.3 Å². The van der Waals surface area contributed by atoms with Gasteiger partial charge in [-0.25, -0.2) is 0 Å². The van der Waals surface area contributed by atoms with Gasteiger partial charge in [0.1, 0.15) is 5.75 Å². The minimum absolute atomic E-state index is 0.300. The predicted octanol–water partition coefficient (Wildman–Crippen LogP) is 4.80. The lowest BCUT2D eigenvalue weighted by molar-refractivity contribution is 0.302. The summed E-state index contributed by atoms with van der Waals surface area (Å²) in [5.74, 6) is 2.12. The first-order chi connectivity index (χ1) is 9.98. The van der Waals surface area contributed by atoms with E-state index in [1.165, 1.54) is 18.4 Å². The molecule has 1 atom stereocenters. The zero-order valence-corrected chi connectivity index (χ0v) is 14.6. The van der Waals surface area contributed by atoms with Crippen molar-refractivity contribution in [1.29, 1.82) is 0 Å². The Balaban J connectivity index is 2.02. The minimum Gasteiger partial charge on any atom is -0.490 e. The Hall–Kier alpha value is -0.670. The molecule has 3 heteroatoms. The summed E-state index contributed by atoms with van der Waals surface area (Å²) >= 11 is 2.02. The average molecular weight is 308 g/mol. The maximum atomic E-state index is 5.93. The van der Waals surface area contributed by atoms with E-state index in [0.717, 1.165) is 24.5 Å². The van der Waals surface area contributed by atoms with E-state index in [1.807, 2.05) is 11.8 Å². The van der Waals surface area contributed by atoms with Crippen LogP contribution in [-0.4, -0.2) is 23.1 Å². The van der Waals surface area contributed by atoms with Gasteiger partial charge in [0.2, 0.25) is 0 Å². The molecule has 0 spiro atoms. The van der Waals surface area contributed by atoms with Gasteiger partial charge in [-0.2, -0.15) is 11.8 Å². The van der Waals surface area contributed by atoms with E-state index in [0.29, 0.717) is 16.9 Å². The molecule has 1 saturated carbocycles. The van der Waals surface area contributed by atoms with Gasteiger partial charge in [0.05, 0.1) is 6.10 Å². The molecule has 1 aromatic rings. The molecule has 2 rings (SSSR count). The van der Waals surface area contributed by atoms with Crippen LogP contribution in [0.15, 0.2) is 24.3 Å². The first-order valence-corrected chi connectivity index (χ1v) is 9.10. The Morgan fingerprint density at radius 2 is 2.10 bits per heavy atom. The molecule has 1 aliphatic carbocycles. The first-order valence-electron chi connectivity index (χ1n) is 8.12. The SMILES string of the molecule is CCCNC(CSC(C)(C)C)c1cccc(OC2CC2)c1. The van der Waals surface area contributed by atoms with Crippen molar-refractivity contribution in [3.05, 3.63) is 29.8 Å². The smallest absolute Gasteiger partial charge is 0.120 e. The van der Waals surface area contributed by atoms with Crippen LogP contribution in [-0.2, 0) is 0 Å². The quantitative estimate of drug-likeness (QED) is 0.745. The summed E-state index contributed by atoms with van der Waals surface area (Å²) in [5, 5.41) is 3.68. The van der Waals surface area contributed by atoms with Gasteiger partial charge in [-0.3, -0.25) is 0 Å². The molecule has 0 radical (unpaired) electrons. The standard InChI is InChI=1S/C18H29NOS/c1-5-11-19-17(13-21-18(2,3)4)14-7-6-8-16(12-14)20-15-9-10-15/h6-8,12,15,17,19H,5,9-11,13H2,1-4H3. The molecule has 0 aliphatic heterocycles. The first kappa shape index (κ1) is 16.7. The molecule has 0 aromatic heterocycles. The maximum absolute atomic E-state index is 5.93. The molecule has 1 fully saturated rings. The van der Waals surface area contributed by atoms with Gasteiger partial charge in [-0.15, -0.1) is 0 Å². The summed E-state index contributed by atoms with van der Waals surface area (Å²) in [4.78, 5) is 0. The lowest BCUT2D eigenvalue weighted by Gasteiger charge is -2.24. The number of hydrogen-bond donors (Lipinski definition) is 1. The molecule has 0 bridgehead atoms. The molecule has 2 nitrogen and oxygen atoms in total. The van der Waals surface area contributed by atoms with Crippen molar-refractivity contribution < 1.29 is 4.74 Å². The summed E-state index contributed by atoms with van der Waals surface area (Å²) in [6, 6.07) is 9.04. The highest BCUT2D eigenvalue weighted by atomic mass is 32.2. The van der Waals surface area contributed by atoms with Crippen molar-refractivity contribution >= 4 is 11.8 Å². The number of nitrogens with one attached hydrogen (secondary N) is 1. The molecule has 1 N–H and O–H groups in total. The molecule has 1 unspecified atom stereocenters. The van der Waals surface area contributed by atoms with E-state index in [2.05, 4.69) is 57.3 Å². The van der Waals surface area contributed by atoms with Crippen LogP contribution in [0.4, 0.5) is 0 Å². The molecule has 0 saturated heterocycles. The van der Waals surface area contributed by atoms with Gasteiger partial charge >= 0.3 is 0 Å². The number of rotatable bonds is 8. The van der Waals surface area contributed by atoms with Crippen LogP contribution in [0.2, 0.25) is 0 Å². The predicted molar refractivity (Wildman–Crippen MR) is 93.3 cm³/mol. The summed E-state index contributed by atoms with van der Waals surface area (Å²) in [6.07, 6.45) is 4.05. The third-order valence-electron chi connectivity index (χ3n) is 3.41. The van der Waals surface area contributed by atoms with E-state index in [9.17, 15) is 0 Å². The van der Waals surface area contributed by atoms with Crippen molar-refractivity contribution in [2.45, 2.75) is 63.9 Å². The van der Waals surface area contributed by atoms with E-state index < -0.39 is 0 Å². The van der Waals surface area contributed by atoms with Gasteiger partial charge in [-0.1, -0.05) is 39.8 Å². The molecular formula is C18H29NOS. The summed E-state index contributed by atoms with van der Waals surface area (Å²) in [7, 11) is 0. The summed E-state index contributed by atoms with van der Waals surface area (Å²) in [5.41, 5.74) is 1.35.